The number of hydrogen-bond acceptors (Lipinski definition) is 2. The Labute approximate surface area is 148 Å². The van der Waals surface area contributed by atoms with Crippen LogP contribution in [-0.4, -0.2) is 18.4 Å². The minimum atomic E-state index is -0.863. The molecule has 0 bridgehead atoms. The molecule has 2 aromatic carbocycles. The number of amides is 2. The fourth-order valence-electron chi connectivity index (χ4n) is 2.61. The van der Waals surface area contributed by atoms with Gasteiger partial charge in [-0.3, -0.25) is 9.59 Å². The summed E-state index contributed by atoms with van der Waals surface area (Å²) in [6.07, 6.45) is 1.71. The molecule has 130 valence electrons. The summed E-state index contributed by atoms with van der Waals surface area (Å²) in [5, 5.41) is 4.81. The molecule has 1 aliphatic carbocycles. The maximum absolute atomic E-state index is 13.1. The Morgan fingerprint density at radius 3 is 2.32 bits per heavy atom. The number of carbonyl (C=O) groups is 2. The van der Waals surface area contributed by atoms with E-state index < -0.39 is 17.6 Å². The maximum Gasteiger partial charge on any atom is 0.313 e. The Morgan fingerprint density at radius 2 is 1.72 bits per heavy atom. The first-order chi connectivity index (χ1) is 11.9. The average molecular weight is 365 g/mol. The van der Waals surface area contributed by atoms with E-state index in [0.29, 0.717) is 0 Å². The van der Waals surface area contributed by atoms with Crippen molar-refractivity contribution in [2.45, 2.75) is 18.3 Å². The van der Waals surface area contributed by atoms with Crippen molar-refractivity contribution in [2.24, 2.45) is 0 Å². The second-order valence-corrected chi connectivity index (χ2v) is 6.46. The molecule has 0 unspecified atom stereocenters. The minimum absolute atomic E-state index is 0.147. The molecule has 0 radical (unpaired) electrons. The van der Waals surface area contributed by atoms with Gasteiger partial charge in [0.25, 0.3) is 0 Å². The number of rotatable bonds is 4. The number of halogens is 3. The van der Waals surface area contributed by atoms with Crippen molar-refractivity contribution in [2.75, 3.05) is 11.9 Å². The third kappa shape index (κ3) is 3.96. The smallest absolute Gasteiger partial charge is 0.313 e. The molecular weight excluding hydrogens is 350 g/mol. The highest BCUT2D eigenvalue weighted by Crippen LogP contribution is 2.47. The monoisotopic (exact) mass is 364 g/mol. The maximum atomic E-state index is 13.1. The Kier molecular flexibility index (Phi) is 4.72. The van der Waals surface area contributed by atoms with Crippen molar-refractivity contribution in [3.8, 4) is 0 Å². The highest BCUT2D eigenvalue weighted by atomic mass is 35.5. The molecule has 1 fully saturated rings. The van der Waals surface area contributed by atoms with Crippen LogP contribution in [0.15, 0.2) is 42.5 Å². The van der Waals surface area contributed by atoms with E-state index in [2.05, 4.69) is 10.6 Å². The van der Waals surface area contributed by atoms with Gasteiger partial charge < -0.3 is 10.6 Å². The molecule has 0 saturated heterocycles. The molecule has 2 amide bonds. The molecule has 0 aliphatic heterocycles. The van der Waals surface area contributed by atoms with Gasteiger partial charge in [0, 0.05) is 17.6 Å². The lowest BCUT2D eigenvalue weighted by atomic mass is 9.96. The van der Waals surface area contributed by atoms with Crippen LogP contribution in [0.1, 0.15) is 18.4 Å². The number of benzene rings is 2. The Morgan fingerprint density at radius 1 is 1.04 bits per heavy atom. The Hall–Kier alpha value is -2.47. The van der Waals surface area contributed by atoms with Gasteiger partial charge >= 0.3 is 11.8 Å². The second-order valence-electron chi connectivity index (χ2n) is 6.05. The van der Waals surface area contributed by atoms with Gasteiger partial charge in [0.05, 0.1) is 5.02 Å². The van der Waals surface area contributed by atoms with E-state index in [1.807, 2.05) is 0 Å². The van der Waals surface area contributed by atoms with Crippen LogP contribution < -0.4 is 10.6 Å². The van der Waals surface area contributed by atoms with Gasteiger partial charge in [0.1, 0.15) is 11.6 Å². The zero-order valence-electron chi connectivity index (χ0n) is 13.1. The zero-order chi connectivity index (χ0) is 18.0. The van der Waals surface area contributed by atoms with Gasteiger partial charge in [-0.15, -0.1) is 0 Å². The van der Waals surface area contributed by atoms with Crippen molar-refractivity contribution in [3.63, 3.8) is 0 Å². The molecule has 0 heterocycles. The lowest BCUT2D eigenvalue weighted by molar-refractivity contribution is -0.136. The van der Waals surface area contributed by atoms with Crippen LogP contribution in [0, 0.1) is 11.6 Å². The van der Waals surface area contributed by atoms with Crippen LogP contribution in [0.25, 0.3) is 0 Å². The lowest BCUT2D eigenvalue weighted by Crippen LogP contribution is -2.39. The number of anilines is 1. The van der Waals surface area contributed by atoms with Gasteiger partial charge in [-0.1, -0.05) is 23.7 Å². The molecule has 0 aromatic heterocycles. The highest BCUT2D eigenvalue weighted by Gasteiger charge is 2.44. The highest BCUT2D eigenvalue weighted by molar-refractivity contribution is 6.39. The van der Waals surface area contributed by atoms with Crippen LogP contribution in [0.3, 0.4) is 0 Å². The van der Waals surface area contributed by atoms with Crippen LogP contribution in [0.5, 0.6) is 0 Å². The fraction of sp³-hybridized carbons (Fsp3) is 0.222. The molecule has 0 atom stereocenters. The van der Waals surface area contributed by atoms with Crippen LogP contribution >= 0.6 is 11.6 Å². The minimum Gasteiger partial charge on any atom is -0.347 e. The van der Waals surface area contributed by atoms with E-state index >= 15 is 0 Å². The summed E-state index contributed by atoms with van der Waals surface area (Å²) in [6.45, 7) is 0.287. The van der Waals surface area contributed by atoms with Crippen molar-refractivity contribution < 1.29 is 18.4 Å². The van der Waals surface area contributed by atoms with E-state index in [1.54, 1.807) is 12.1 Å². The van der Waals surface area contributed by atoms with Crippen molar-refractivity contribution in [1.29, 1.82) is 0 Å². The fourth-order valence-corrected chi connectivity index (χ4v) is 2.79. The summed E-state index contributed by atoms with van der Waals surface area (Å²) in [7, 11) is 0. The van der Waals surface area contributed by atoms with Gasteiger partial charge in [-0.25, -0.2) is 8.78 Å². The molecule has 25 heavy (non-hydrogen) atoms. The normalized spacial score (nSPS) is 14.7. The molecular formula is C18H15ClF2N2O2. The Balaban J connectivity index is 1.57. The van der Waals surface area contributed by atoms with Crippen LogP contribution in [0.2, 0.25) is 5.02 Å². The lowest BCUT2D eigenvalue weighted by Gasteiger charge is -2.16. The zero-order valence-corrected chi connectivity index (χ0v) is 13.9. The number of nitrogens with one attached hydrogen (secondary N) is 2. The standard InChI is InChI=1S/C18H15ClF2N2O2/c19-14-9-13(5-6-15(14)21)23-17(25)16(24)22-10-18(7-8-18)11-1-3-12(20)4-2-11/h1-6,9H,7-8,10H2,(H,22,24)(H,23,25). The first-order valence-electron chi connectivity index (χ1n) is 7.70. The quantitative estimate of drug-likeness (QED) is 0.817. The van der Waals surface area contributed by atoms with E-state index in [4.69, 9.17) is 11.6 Å². The van der Waals surface area contributed by atoms with Gasteiger partial charge in [-0.05, 0) is 48.7 Å². The number of carbonyl (C=O) groups excluding carboxylic acids is 2. The summed E-state index contributed by atoms with van der Waals surface area (Å²) in [5.41, 5.74) is 0.911. The molecule has 1 saturated carbocycles. The first-order valence-corrected chi connectivity index (χ1v) is 8.08. The van der Waals surface area contributed by atoms with Crippen molar-refractivity contribution in [3.05, 3.63) is 64.7 Å². The molecule has 4 nitrogen and oxygen atoms in total. The van der Waals surface area contributed by atoms with E-state index in [-0.39, 0.29) is 28.5 Å². The Bertz CT molecular complexity index is 820. The topological polar surface area (TPSA) is 58.2 Å². The van der Waals surface area contributed by atoms with E-state index in [0.717, 1.165) is 24.5 Å². The summed E-state index contributed by atoms with van der Waals surface area (Å²) in [5.74, 6) is -2.59. The summed E-state index contributed by atoms with van der Waals surface area (Å²) < 4.78 is 26.1. The molecule has 2 aromatic rings. The second kappa shape index (κ2) is 6.80. The SMILES string of the molecule is O=C(NCC1(c2ccc(F)cc2)CC1)C(=O)Nc1ccc(F)c(Cl)c1. The summed E-state index contributed by atoms with van der Waals surface area (Å²) in [4.78, 5) is 23.9. The number of hydrogen-bond donors (Lipinski definition) is 2. The molecule has 0 spiro atoms. The van der Waals surface area contributed by atoms with Gasteiger partial charge in [-0.2, -0.15) is 0 Å². The van der Waals surface area contributed by atoms with Crippen LogP contribution in [0.4, 0.5) is 14.5 Å². The molecule has 2 N–H and O–H groups in total. The first kappa shape index (κ1) is 17.4. The summed E-state index contributed by atoms with van der Waals surface area (Å²) >= 11 is 5.63. The third-order valence-electron chi connectivity index (χ3n) is 4.28. The summed E-state index contributed by atoms with van der Waals surface area (Å²) in [6, 6.07) is 9.77. The largest absolute Gasteiger partial charge is 0.347 e. The van der Waals surface area contributed by atoms with E-state index in [9.17, 15) is 18.4 Å². The molecule has 7 heteroatoms. The van der Waals surface area contributed by atoms with Crippen molar-refractivity contribution in [1.82, 2.24) is 5.32 Å². The van der Waals surface area contributed by atoms with Crippen molar-refractivity contribution >= 4 is 29.1 Å². The van der Waals surface area contributed by atoms with Crippen LogP contribution in [-0.2, 0) is 15.0 Å². The molecule has 1 aliphatic rings. The predicted molar refractivity (Wildman–Crippen MR) is 90.4 cm³/mol. The van der Waals surface area contributed by atoms with Gasteiger partial charge in [0.2, 0.25) is 0 Å². The third-order valence-corrected chi connectivity index (χ3v) is 4.57. The average Bonchev–Trinajstić information content (AvgIpc) is 3.38. The molecule has 3 rings (SSSR count). The van der Waals surface area contributed by atoms with E-state index in [1.165, 1.54) is 24.3 Å². The van der Waals surface area contributed by atoms with Gasteiger partial charge in [0.15, 0.2) is 0 Å². The predicted octanol–water partition coefficient (Wildman–Crippen LogP) is 3.40.